The number of aliphatic imine (C=N–C) groups is 1. The molecule has 0 aromatic heterocycles. The molecular weight excluding hydrogens is 276 g/mol. The van der Waals surface area contributed by atoms with Crippen LogP contribution < -0.4 is 16.4 Å². The number of carbonyl (C=O) groups excluding carboxylic acids is 1. The second-order valence-electron chi connectivity index (χ2n) is 5.65. The lowest BCUT2D eigenvalue weighted by molar-refractivity contribution is 0.256. The summed E-state index contributed by atoms with van der Waals surface area (Å²) in [5, 5.41) is 5.44. The molecule has 0 saturated heterocycles. The molecule has 0 aliphatic heterocycles. The number of anilines is 1. The van der Waals surface area contributed by atoms with Crippen LogP contribution in [-0.2, 0) is 0 Å². The average Bonchev–Trinajstić information content (AvgIpc) is 2.71. The highest BCUT2D eigenvalue weighted by molar-refractivity contribution is 6.02. The third-order valence-corrected chi connectivity index (χ3v) is 3.77. The normalized spacial score (nSPS) is 18.6. The van der Waals surface area contributed by atoms with E-state index in [0.717, 1.165) is 42.5 Å². The number of benzene rings is 1. The molecule has 1 aliphatic rings. The van der Waals surface area contributed by atoms with Crippen molar-refractivity contribution in [2.24, 2.45) is 10.7 Å². The molecule has 0 bridgehead atoms. The van der Waals surface area contributed by atoms with E-state index in [2.05, 4.69) is 27.8 Å². The number of urea groups is 1. The van der Waals surface area contributed by atoms with Crippen molar-refractivity contribution >= 4 is 17.7 Å². The van der Waals surface area contributed by atoms with Gasteiger partial charge in [-0.2, -0.15) is 0 Å². The van der Waals surface area contributed by atoms with Crippen LogP contribution in [0.15, 0.2) is 35.3 Å². The summed E-state index contributed by atoms with van der Waals surface area (Å²) in [6.07, 6.45) is 8.37. The fourth-order valence-electron chi connectivity index (χ4n) is 2.58. The Hall–Kier alpha value is -2.30. The Labute approximate surface area is 131 Å². The van der Waals surface area contributed by atoms with Gasteiger partial charge in [-0.15, -0.1) is 0 Å². The minimum Gasteiger partial charge on any atom is -0.370 e. The van der Waals surface area contributed by atoms with Crippen molar-refractivity contribution in [3.63, 3.8) is 0 Å². The highest BCUT2D eigenvalue weighted by atomic mass is 16.2. The zero-order valence-electron chi connectivity index (χ0n) is 13.2. The first-order chi connectivity index (χ1) is 10.6. The molecular formula is C17H24N4O. The van der Waals surface area contributed by atoms with E-state index >= 15 is 0 Å². The number of guanidine groups is 1. The quantitative estimate of drug-likeness (QED) is 0.445. The number of para-hydroxylation sites is 1. The van der Waals surface area contributed by atoms with Gasteiger partial charge >= 0.3 is 6.03 Å². The maximum Gasteiger partial charge on any atom is 0.326 e. The third-order valence-electron chi connectivity index (χ3n) is 3.77. The molecule has 2 rings (SSSR count). The predicted octanol–water partition coefficient (Wildman–Crippen LogP) is 3.24. The van der Waals surface area contributed by atoms with E-state index in [1.165, 1.54) is 0 Å². The van der Waals surface area contributed by atoms with Crippen molar-refractivity contribution in [2.75, 3.05) is 5.32 Å². The lowest BCUT2D eigenvalue weighted by Gasteiger charge is -2.13. The number of allylic oxidation sites excluding steroid dienone is 1. The second-order valence-corrected chi connectivity index (χ2v) is 5.65. The molecule has 5 heteroatoms. The zero-order chi connectivity index (χ0) is 15.9. The first-order valence-electron chi connectivity index (χ1n) is 7.68. The van der Waals surface area contributed by atoms with E-state index in [9.17, 15) is 4.79 Å². The van der Waals surface area contributed by atoms with Crippen LogP contribution >= 0.6 is 0 Å². The number of hydrogen-bond donors (Lipinski definition) is 3. The summed E-state index contributed by atoms with van der Waals surface area (Å²) in [5.41, 5.74) is 8.68. The van der Waals surface area contributed by atoms with Crippen LogP contribution in [0.2, 0.25) is 0 Å². The molecule has 1 unspecified atom stereocenters. The van der Waals surface area contributed by atoms with E-state index in [-0.39, 0.29) is 18.0 Å². The fraction of sp³-hybridized carbons (Fsp3) is 0.412. The van der Waals surface area contributed by atoms with E-state index in [4.69, 9.17) is 5.73 Å². The number of nitrogens with zero attached hydrogens (tertiary/aromatic N) is 1. The Morgan fingerprint density at radius 2 is 2.00 bits per heavy atom. The number of aryl methyl sites for hydroxylation is 2. The van der Waals surface area contributed by atoms with Gasteiger partial charge in [0.25, 0.3) is 0 Å². The van der Waals surface area contributed by atoms with Gasteiger partial charge < -0.3 is 11.1 Å². The Morgan fingerprint density at radius 1 is 1.27 bits per heavy atom. The van der Waals surface area contributed by atoms with E-state index in [1.54, 1.807) is 0 Å². The zero-order valence-corrected chi connectivity index (χ0v) is 13.2. The van der Waals surface area contributed by atoms with Gasteiger partial charge in [-0.05, 0) is 50.7 Å². The Balaban J connectivity index is 1.95. The molecule has 0 fully saturated rings. The van der Waals surface area contributed by atoms with Crippen molar-refractivity contribution in [3.8, 4) is 0 Å². The van der Waals surface area contributed by atoms with Gasteiger partial charge in [0.05, 0.1) is 6.04 Å². The van der Waals surface area contributed by atoms with Gasteiger partial charge in [0.1, 0.15) is 0 Å². The number of amides is 2. The lowest BCUT2D eigenvalue weighted by Crippen LogP contribution is -2.40. The highest BCUT2D eigenvalue weighted by Gasteiger charge is 2.11. The van der Waals surface area contributed by atoms with Gasteiger partial charge in [-0.25, -0.2) is 9.79 Å². The van der Waals surface area contributed by atoms with Crippen LogP contribution in [0.5, 0.6) is 0 Å². The minimum absolute atomic E-state index is 0.152. The van der Waals surface area contributed by atoms with E-state index in [0.29, 0.717) is 0 Å². The molecule has 118 valence electrons. The molecule has 5 nitrogen and oxygen atoms in total. The van der Waals surface area contributed by atoms with Gasteiger partial charge in [0.15, 0.2) is 5.96 Å². The standard InChI is InChI=1S/C17H24N4O/c1-12-8-7-9-13(2)15(12)20-17(22)21-16(18)19-14-10-5-3-4-6-11-14/h3,5,7-9,14H,4,6,10-11H2,1-2H3,(H4,18,19,20,21,22). The molecule has 22 heavy (non-hydrogen) atoms. The maximum absolute atomic E-state index is 12.0. The van der Waals surface area contributed by atoms with Gasteiger partial charge in [-0.1, -0.05) is 30.4 Å². The lowest BCUT2D eigenvalue weighted by atomic mass is 10.1. The smallest absolute Gasteiger partial charge is 0.326 e. The molecule has 1 aromatic rings. The summed E-state index contributed by atoms with van der Waals surface area (Å²) < 4.78 is 0. The largest absolute Gasteiger partial charge is 0.370 e. The summed E-state index contributed by atoms with van der Waals surface area (Å²) >= 11 is 0. The topological polar surface area (TPSA) is 79.5 Å². The first kappa shape index (κ1) is 16.1. The number of rotatable bonds is 2. The molecule has 1 atom stereocenters. The summed E-state index contributed by atoms with van der Waals surface area (Å²) in [7, 11) is 0. The molecule has 0 saturated carbocycles. The van der Waals surface area contributed by atoms with E-state index in [1.807, 2.05) is 32.0 Å². The molecule has 2 amide bonds. The Bertz CT molecular complexity index is 572. The summed E-state index contributed by atoms with van der Waals surface area (Å²) in [6, 6.07) is 5.67. The highest BCUT2D eigenvalue weighted by Crippen LogP contribution is 2.19. The van der Waals surface area contributed by atoms with Crippen LogP contribution in [0.3, 0.4) is 0 Å². The molecule has 1 aliphatic carbocycles. The number of carbonyl (C=O) groups is 1. The molecule has 4 N–H and O–H groups in total. The van der Waals surface area contributed by atoms with Crippen molar-refractivity contribution in [3.05, 3.63) is 41.5 Å². The first-order valence-corrected chi connectivity index (χ1v) is 7.68. The van der Waals surface area contributed by atoms with Crippen LogP contribution in [0.4, 0.5) is 10.5 Å². The summed E-state index contributed by atoms with van der Waals surface area (Å²) in [5.74, 6) is 0.170. The maximum atomic E-state index is 12.0. The van der Waals surface area contributed by atoms with Gasteiger partial charge in [0.2, 0.25) is 0 Å². The van der Waals surface area contributed by atoms with Crippen molar-refractivity contribution < 1.29 is 4.79 Å². The van der Waals surface area contributed by atoms with Crippen molar-refractivity contribution in [1.29, 1.82) is 0 Å². The molecule has 0 heterocycles. The number of nitrogens with one attached hydrogen (secondary N) is 2. The van der Waals surface area contributed by atoms with Gasteiger partial charge in [0, 0.05) is 5.69 Å². The number of nitrogens with two attached hydrogens (primary N) is 1. The van der Waals surface area contributed by atoms with Crippen LogP contribution in [0, 0.1) is 13.8 Å². The van der Waals surface area contributed by atoms with Gasteiger partial charge in [-0.3, -0.25) is 5.32 Å². The minimum atomic E-state index is -0.359. The fourth-order valence-corrected chi connectivity index (χ4v) is 2.58. The predicted molar refractivity (Wildman–Crippen MR) is 91.1 cm³/mol. The van der Waals surface area contributed by atoms with Crippen molar-refractivity contribution in [2.45, 2.75) is 45.6 Å². The SMILES string of the molecule is Cc1cccc(C)c1NC(=O)NC(N)=NC1CC=CCCC1. The molecule has 0 spiro atoms. The monoisotopic (exact) mass is 300 g/mol. The van der Waals surface area contributed by atoms with Crippen LogP contribution in [0.1, 0.15) is 36.8 Å². The molecule has 0 radical (unpaired) electrons. The van der Waals surface area contributed by atoms with Crippen molar-refractivity contribution in [1.82, 2.24) is 5.32 Å². The Kier molecular flexibility index (Phi) is 5.58. The third kappa shape index (κ3) is 4.62. The van der Waals surface area contributed by atoms with Crippen LogP contribution in [-0.4, -0.2) is 18.0 Å². The van der Waals surface area contributed by atoms with Crippen LogP contribution in [0.25, 0.3) is 0 Å². The molecule has 1 aromatic carbocycles. The second kappa shape index (κ2) is 7.64. The summed E-state index contributed by atoms with van der Waals surface area (Å²) in [6.45, 7) is 3.91. The Morgan fingerprint density at radius 3 is 2.73 bits per heavy atom. The average molecular weight is 300 g/mol. The van der Waals surface area contributed by atoms with E-state index < -0.39 is 0 Å². The number of hydrogen-bond acceptors (Lipinski definition) is 2. The summed E-state index contributed by atoms with van der Waals surface area (Å²) in [4.78, 5) is 16.4.